The molecule has 0 saturated carbocycles. The van der Waals surface area contributed by atoms with Gasteiger partial charge in [-0.3, -0.25) is 0 Å². The quantitative estimate of drug-likeness (QED) is 0.691. The number of rotatable bonds is 2. The third kappa shape index (κ3) is 2.54. The van der Waals surface area contributed by atoms with E-state index >= 15 is 0 Å². The van der Waals surface area contributed by atoms with Gasteiger partial charge in [-0.2, -0.15) is 0 Å². The van der Waals surface area contributed by atoms with E-state index in [1.54, 1.807) is 0 Å². The molecule has 17 heavy (non-hydrogen) atoms. The highest BCUT2D eigenvalue weighted by atomic mass is 16.5. The average molecular weight is 236 g/mol. The summed E-state index contributed by atoms with van der Waals surface area (Å²) in [5, 5.41) is 0. The van der Waals surface area contributed by atoms with Crippen molar-refractivity contribution >= 4 is 5.97 Å². The van der Waals surface area contributed by atoms with Crippen molar-refractivity contribution in [3.63, 3.8) is 0 Å². The fraction of sp³-hybridized carbons (Fsp3) is 0.643. The SMILES string of the molecule is CC1=C(C(=O)OC(C)C)CCC2=C1CCCO2. The topological polar surface area (TPSA) is 35.5 Å². The van der Waals surface area contributed by atoms with Crippen LogP contribution in [0.2, 0.25) is 0 Å². The minimum absolute atomic E-state index is 0.0548. The molecule has 0 fully saturated rings. The molecule has 94 valence electrons. The van der Waals surface area contributed by atoms with E-state index in [2.05, 4.69) is 0 Å². The molecule has 0 unspecified atom stereocenters. The Bertz CT molecular complexity index is 388. The molecule has 1 aliphatic carbocycles. The van der Waals surface area contributed by atoms with Crippen molar-refractivity contribution in [2.24, 2.45) is 0 Å². The van der Waals surface area contributed by atoms with Crippen LogP contribution in [0.25, 0.3) is 0 Å². The molecule has 0 aromatic carbocycles. The number of carbonyl (C=O) groups is 1. The molecule has 2 aliphatic rings. The highest BCUT2D eigenvalue weighted by Crippen LogP contribution is 2.36. The number of esters is 1. The van der Waals surface area contributed by atoms with Crippen molar-refractivity contribution in [2.45, 2.75) is 52.6 Å². The molecule has 1 aliphatic heterocycles. The number of ether oxygens (including phenoxy) is 2. The Balaban J connectivity index is 2.23. The summed E-state index contributed by atoms with van der Waals surface area (Å²) < 4.78 is 10.9. The number of allylic oxidation sites excluding steroid dienone is 3. The lowest BCUT2D eigenvalue weighted by molar-refractivity contribution is -0.142. The molecule has 1 heterocycles. The lowest BCUT2D eigenvalue weighted by atomic mass is 9.87. The van der Waals surface area contributed by atoms with Crippen LogP contribution in [0.3, 0.4) is 0 Å². The Labute approximate surface area is 102 Å². The molecule has 0 radical (unpaired) electrons. The van der Waals surface area contributed by atoms with Gasteiger partial charge >= 0.3 is 5.97 Å². The molecule has 0 amide bonds. The monoisotopic (exact) mass is 236 g/mol. The first kappa shape index (κ1) is 12.2. The predicted octanol–water partition coefficient (Wildman–Crippen LogP) is 3.11. The van der Waals surface area contributed by atoms with Crippen molar-refractivity contribution in [3.8, 4) is 0 Å². The lowest BCUT2D eigenvalue weighted by Gasteiger charge is -2.27. The normalized spacial score (nSPS) is 20.2. The third-order valence-electron chi connectivity index (χ3n) is 3.28. The van der Waals surface area contributed by atoms with Gasteiger partial charge in [0, 0.05) is 12.0 Å². The minimum Gasteiger partial charge on any atom is -0.498 e. The van der Waals surface area contributed by atoms with Crippen LogP contribution in [-0.2, 0) is 14.3 Å². The summed E-state index contributed by atoms with van der Waals surface area (Å²) in [6.07, 6.45) is 3.61. The van der Waals surface area contributed by atoms with Gasteiger partial charge in [0.05, 0.1) is 18.5 Å². The van der Waals surface area contributed by atoms with Crippen LogP contribution >= 0.6 is 0 Å². The maximum absolute atomic E-state index is 11.9. The van der Waals surface area contributed by atoms with Gasteiger partial charge in [0.15, 0.2) is 0 Å². The second-order valence-corrected chi connectivity index (χ2v) is 4.91. The van der Waals surface area contributed by atoms with Gasteiger partial charge < -0.3 is 9.47 Å². The molecule has 0 spiro atoms. The Hall–Kier alpha value is -1.25. The summed E-state index contributed by atoms with van der Waals surface area (Å²) in [6, 6.07) is 0. The Morgan fingerprint density at radius 2 is 2.06 bits per heavy atom. The summed E-state index contributed by atoms with van der Waals surface area (Å²) in [7, 11) is 0. The molecule has 2 rings (SSSR count). The Kier molecular flexibility index (Phi) is 3.55. The van der Waals surface area contributed by atoms with Gasteiger partial charge in [-0.05, 0) is 51.2 Å². The van der Waals surface area contributed by atoms with Crippen molar-refractivity contribution in [2.75, 3.05) is 6.61 Å². The van der Waals surface area contributed by atoms with Crippen molar-refractivity contribution < 1.29 is 14.3 Å². The smallest absolute Gasteiger partial charge is 0.334 e. The second-order valence-electron chi connectivity index (χ2n) is 4.91. The van der Waals surface area contributed by atoms with E-state index < -0.39 is 0 Å². The Morgan fingerprint density at radius 3 is 2.76 bits per heavy atom. The van der Waals surface area contributed by atoms with E-state index in [4.69, 9.17) is 9.47 Å². The van der Waals surface area contributed by atoms with Crippen molar-refractivity contribution in [1.82, 2.24) is 0 Å². The zero-order chi connectivity index (χ0) is 12.4. The first-order valence-corrected chi connectivity index (χ1v) is 6.35. The molecule has 0 aromatic rings. The van der Waals surface area contributed by atoms with Gasteiger partial charge in [0.2, 0.25) is 0 Å². The van der Waals surface area contributed by atoms with Crippen LogP contribution in [-0.4, -0.2) is 18.7 Å². The van der Waals surface area contributed by atoms with E-state index in [1.165, 1.54) is 5.57 Å². The maximum atomic E-state index is 11.9. The highest BCUT2D eigenvalue weighted by Gasteiger charge is 2.26. The molecule has 0 aromatic heterocycles. The predicted molar refractivity (Wildman–Crippen MR) is 65.4 cm³/mol. The van der Waals surface area contributed by atoms with Crippen molar-refractivity contribution in [3.05, 3.63) is 22.5 Å². The zero-order valence-corrected chi connectivity index (χ0v) is 10.8. The molecule has 0 saturated heterocycles. The summed E-state index contributed by atoms with van der Waals surface area (Å²) in [4.78, 5) is 11.9. The molecule has 0 atom stereocenters. The third-order valence-corrected chi connectivity index (χ3v) is 3.28. The van der Waals surface area contributed by atoms with Crippen molar-refractivity contribution in [1.29, 1.82) is 0 Å². The van der Waals surface area contributed by atoms with E-state index in [-0.39, 0.29) is 12.1 Å². The number of carbonyl (C=O) groups excluding carboxylic acids is 1. The van der Waals surface area contributed by atoms with Gasteiger partial charge in [-0.1, -0.05) is 0 Å². The highest BCUT2D eigenvalue weighted by molar-refractivity contribution is 5.90. The molecular weight excluding hydrogens is 216 g/mol. The summed E-state index contributed by atoms with van der Waals surface area (Å²) in [5.41, 5.74) is 3.15. The summed E-state index contributed by atoms with van der Waals surface area (Å²) >= 11 is 0. The van der Waals surface area contributed by atoms with E-state index in [9.17, 15) is 4.79 Å². The number of hydrogen-bond acceptors (Lipinski definition) is 3. The minimum atomic E-state index is -0.158. The van der Waals surface area contributed by atoms with Gasteiger partial charge in [0.1, 0.15) is 0 Å². The van der Waals surface area contributed by atoms with Crippen LogP contribution in [0.5, 0.6) is 0 Å². The summed E-state index contributed by atoms with van der Waals surface area (Å²) in [6.45, 7) is 6.59. The maximum Gasteiger partial charge on any atom is 0.334 e. The van der Waals surface area contributed by atoms with Crippen LogP contribution in [0, 0.1) is 0 Å². The van der Waals surface area contributed by atoms with E-state index in [0.717, 1.165) is 49.2 Å². The molecule has 3 nitrogen and oxygen atoms in total. The second kappa shape index (κ2) is 4.94. The van der Waals surface area contributed by atoms with Gasteiger partial charge in [-0.15, -0.1) is 0 Å². The number of hydrogen-bond donors (Lipinski definition) is 0. The van der Waals surface area contributed by atoms with E-state index in [0.29, 0.717) is 0 Å². The molecular formula is C14H20O3. The molecule has 0 N–H and O–H groups in total. The average Bonchev–Trinajstić information content (AvgIpc) is 2.28. The first-order chi connectivity index (χ1) is 8.09. The zero-order valence-electron chi connectivity index (χ0n) is 10.8. The molecule has 3 heteroatoms. The lowest BCUT2D eigenvalue weighted by Crippen LogP contribution is -2.20. The standard InChI is InChI=1S/C14H20O3/c1-9(2)17-14(15)12-6-7-13-11(10(12)3)5-4-8-16-13/h9H,4-8H2,1-3H3. The van der Waals surface area contributed by atoms with E-state index in [1.807, 2.05) is 20.8 Å². The van der Waals surface area contributed by atoms with Gasteiger partial charge in [0.25, 0.3) is 0 Å². The largest absolute Gasteiger partial charge is 0.498 e. The molecule has 0 bridgehead atoms. The van der Waals surface area contributed by atoms with Gasteiger partial charge in [-0.25, -0.2) is 4.79 Å². The van der Waals surface area contributed by atoms with Crippen LogP contribution in [0.4, 0.5) is 0 Å². The van der Waals surface area contributed by atoms with Crippen LogP contribution < -0.4 is 0 Å². The fourth-order valence-corrected chi connectivity index (χ4v) is 2.44. The Morgan fingerprint density at radius 1 is 1.29 bits per heavy atom. The van der Waals surface area contributed by atoms with Crippen LogP contribution in [0.15, 0.2) is 22.5 Å². The summed E-state index contributed by atoms with van der Waals surface area (Å²) in [5.74, 6) is 0.935. The fourth-order valence-electron chi connectivity index (χ4n) is 2.44. The first-order valence-electron chi connectivity index (χ1n) is 6.35. The van der Waals surface area contributed by atoms with Crippen LogP contribution in [0.1, 0.15) is 46.5 Å².